The molecule has 0 aromatic heterocycles. The zero-order chi connectivity index (χ0) is 45.7. The van der Waals surface area contributed by atoms with Crippen molar-refractivity contribution in [3.8, 4) is 23.0 Å². The van der Waals surface area contributed by atoms with Crippen LogP contribution in [0, 0.1) is 0 Å². The number of hydrogen-bond acceptors (Lipinski definition) is 9. The summed E-state index contributed by atoms with van der Waals surface area (Å²) in [5.41, 5.74) is 4.28. The molecule has 65 heavy (non-hydrogen) atoms. The summed E-state index contributed by atoms with van der Waals surface area (Å²) < 4.78 is 30.3. The summed E-state index contributed by atoms with van der Waals surface area (Å²) in [7, 11) is -3.33. The van der Waals surface area contributed by atoms with Crippen molar-refractivity contribution in [2.24, 2.45) is 0 Å². The summed E-state index contributed by atoms with van der Waals surface area (Å²) in [5, 5.41) is 0. The maximum Gasteiger partial charge on any atom is 0.311 e. The third-order valence-corrected chi connectivity index (χ3v) is 20.2. The van der Waals surface area contributed by atoms with Gasteiger partial charge >= 0.3 is 11.9 Å². The van der Waals surface area contributed by atoms with Gasteiger partial charge in [0, 0.05) is 48.4 Å². The lowest BCUT2D eigenvalue weighted by Crippen LogP contribution is -2.44. The molecule has 0 aliphatic carbocycles. The maximum atomic E-state index is 12.6. The molecule has 2 heterocycles. The Bertz CT molecular complexity index is 1900. The van der Waals surface area contributed by atoms with Gasteiger partial charge in [-0.3, -0.25) is 9.59 Å². The third-order valence-electron chi connectivity index (χ3n) is 12.6. The zero-order valence-corrected chi connectivity index (χ0v) is 42.0. The van der Waals surface area contributed by atoms with Crippen LogP contribution in [0.4, 0.5) is 11.4 Å². The fourth-order valence-corrected chi connectivity index (χ4v) is 18.2. The average Bonchev–Trinajstić information content (AvgIpc) is 3.30. The van der Waals surface area contributed by atoms with Gasteiger partial charge in [-0.1, -0.05) is 126 Å². The molecule has 0 amide bonds. The Morgan fingerprint density at radius 2 is 0.831 bits per heavy atom. The highest BCUT2D eigenvalue weighted by atomic mass is 28.4. The summed E-state index contributed by atoms with van der Waals surface area (Å²) in [6.45, 7) is 12.2. The number of rotatable bonds is 28. The molecule has 0 fully saturated rings. The van der Waals surface area contributed by atoms with E-state index in [1.54, 1.807) is 0 Å². The van der Waals surface area contributed by atoms with E-state index in [9.17, 15) is 9.59 Å². The summed E-state index contributed by atoms with van der Waals surface area (Å²) in [6.07, 6.45) is 19.8. The maximum absolute atomic E-state index is 12.6. The lowest BCUT2D eigenvalue weighted by atomic mass is 10.1. The quantitative estimate of drug-likeness (QED) is 0.0239. The van der Waals surface area contributed by atoms with E-state index in [0.717, 1.165) is 72.8 Å². The fourth-order valence-electron chi connectivity index (χ4n) is 9.15. The highest BCUT2D eigenvalue weighted by molar-refractivity contribution is 6.84. The van der Waals surface area contributed by atoms with Crippen LogP contribution < -0.4 is 28.7 Å². The number of fused-ring (bicyclic) bond motifs is 2. The smallest absolute Gasteiger partial charge is 0.311 e. The average molecular weight is 921 g/mol. The molecule has 0 unspecified atom stereocenters. The van der Waals surface area contributed by atoms with Crippen molar-refractivity contribution >= 4 is 39.9 Å². The van der Waals surface area contributed by atoms with Crippen molar-refractivity contribution in [2.45, 2.75) is 167 Å². The second-order valence-corrected chi connectivity index (χ2v) is 28.2. The van der Waals surface area contributed by atoms with Crippen molar-refractivity contribution < 1.29 is 32.7 Å². The van der Waals surface area contributed by atoms with E-state index in [0.29, 0.717) is 37.8 Å². The van der Waals surface area contributed by atoms with E-state index in [1.165, 1.54) is 89.1 Å². The van der Waals surface area contributed by atoms with Crippen LogP contribution in [0.15, 0.2) is 97.1 Å². The highest BCUT2D eigenvalue weighted by Crippen LogP contribution is 2.33. The first-order valence-corrected chi connectivity index (χ1v) is 31.0. The van der Waals surface area contributed by atoms with Crippen LogP contribution in [-0.2, 0) is 26.8 Å². The number of hydrogen-bond donors (Lipinski definition) is 0. The molecule has 2 aliphatic heterocycles. The predicted molar refractivity (Wildman–Crippen MR) is 269 cm³/mol. The van der Waals surface area contributed by atoms with Gasteiger partial charge in [0.05, 0.1) is 0 Å². The van der Waals surface area contributed by atoms with Gasteiger partial charge in [-0.05, 0) is 112 Å². The summed E-state index contributed by atoms with van der Waals surface area (Å²) in [5.74, 6) is 2.57. The van der Waals surface area contributed by atoms with Gasteiger partial charge in [0.15, 0.2) is 30.1 Å². The second-order valence-electron chi connectivity index (χ2n) is 19.4. The monoisotopic (exact) mass is 921 g/mol. The molecule has 0 radical (unpaired) electrons. The molecule has 0 spiro atoms. The Labute approximate surface area is 392 Å². The van der Waals surface area contributed by atoms with Crippen molar-refractivity contribution in [1.82, 2.24) is 0 Å². The van der Waals surface area contributed by atoms with E-state index < -0.39 is 16.6 Å². The number of unbranched alkanes of at least 4 members (excludes halogenated alkanes) is 14. The molecular formula is C54H76N2O7Si2. The Morgan fingerprint density at radius 3 is 1.22 bits per heavy atom. The van der Waals surface area contributed by atoms with Crippen molar-refractivity contribution in [3.63, 3.8) is 0 Å². The number of carbonyl (C=O) groups is 2. The number of esters is 2. The van der Waals surface area contributed by atoms with Gasteiger partial charge in [-0.2, -0.15) is 0 Å². The minimum atomic E-state index is -1.66. The Balaban J connectivity index is 0.713. The molecule has 0 atom stereocenters. The van der Waals surface area contributed by atoms with Gasteiger partial charge in [0.25, 0.3) is 0 Å². The van der Waals surface area contributed by atoms with Crippen LogP contribution in [0.5, 0.6) is 23.0 Å². The number of nitrogens with zero attached hydrogens (tertiary/aromatic N) is 2. The molecule has 6 rings (SSSR count). The minimum Gasteiger partial charge on any atom is -0.473 e. The number of ether oxygens (including phenoxy) is 4. The first kappa shape index (κ1) is 49.8. The number of benzene rings is 4. The second kappa shape index (κ2) is 25.9. The summed E-state index contributed by atoms with van der Waals surface area (Å²) >= 11 is 0. The van der Waals surface area contributed by atoms with Crippen LogP contribution in [0.3, 0.4) is 0 Å². The molecule has 352 valence electrons. The first-order chi connectivity index (χ1) is 31.5. The normalized spacial score (nSPS) is 13.7. The van der Waals surface area contributed by atoms with Gasteiger partial charge in [-0.15, -0.1) is 0 Å². The minimum absolute atomic E-state index is 0.158. The molecular weight excluding hydrogens is 845 g/mol. The molecule has 9 nitrogen and oxygen atoms in total. The highest BCUT2D eigenvalue weighted by Gasteiger charge is 2.32. The van der Waals surface area contributed by atoms with Gasteiger partial charge < -0.3 is 32.9 Å². The Kier molecular flexibility index (Phi) is 19.9. The number of para-hydroxylation sites is 2. The summed E-state index contributed by atoms with van der Waals surface area (Å²) in [4.78, 5) is 29.5. The van der Waals surface area contributed by atoms with Gasteiger partial charge in [0.2, 0.25) is 0 Å². The molecule has 2 aliphatic rings. The van der Waals surface area contributed by atoms with Crippen LogP contribution in [0.25, 0.3) is 0 Å². The lowest BCUT2D eigenvalue weighted by molar-refractivity contribution is -0.135. The first-order valence-electron chi connectivity index (χ1n) is 24.7. The molecule has 0 bridgehead atoms. The van der Waals surface area contributed by atoms with Gasteiger partial charge in [0.1, 0.15) is 23.0 Å². The molecule has 0 saturated carbocycles. The van der Waals surface area contributed by atoms with E-state index in [-0.39, 0.29) is 11.9 Å². The molecule has 4 aromatic carbocycles. The van der Waals surface area contributed by atoms with E-state index in [1.807, 2.05) is 72.8 Å². The van der Waals surface area contributed by atoms with Crippen LogP contribution >= 0.6 is 0 Å². The van der Waals surface area contributed by atoms with Crippen molar-refractivity contribution in [2.75, 3.05) is 23.3 Å². The third kappa shape index (κ3) is 17.6. The zero-order valence-electron chi connectivity index (χ0n) is 40.0. The van der Waals surface area contributed by atoms with Crippen LogP contribution in [-0.4, -0.2) is 42.0 Å². The number of anilines is 2. The van der Waals surface area contributed by atoms with Gasteiger partial charge in [-0.25, -0.2) is 0 Å². The van der Waals surface area contributed by atoms with Crippen molar-refractivity contribution in [3.05, 3.63) is 108 Å². The predicted octanol–water partition coefficient (Wildman–Crippen LogP) is 14.4. The van der Waals surface area contributed by atoms with E-state index in [2.05, 4.69) is 60.3 Å². The van der Waals surface area contributed by atoms with Crippen LogP contribution in [0.1, 0.15) is 127 Å². The summed E-state index contributed by atoms with van der Waals surface area (Å²) in [6, 6.07) is 34.3. The molecule has 11 heteroatoms. The van der Waals surface area contributed by atoms with Crippen molar-refractivity contribution in [1.29, 1.82) is 0 Å². The SMILES string of the molecule is C[Si](C)(CCCCCCCCCCC(=O)Oc1ccc2c(c1)CN(c1ccccc1)CO2)O[Si](C)(C)CCCCCCCCCCC(=O)Oc1ccc2c(c1)CN(c1ccccc1)CO2. The topological polar surface area (TPSA) is 86.8 Å². The van der Waals surface area contributed by atoms with E-state index >= 15 is 0 Å². The number of carbonyl (C=O) groups excluding carboxylic acids is 2. The largest absolute Gasteiger partial charge is 0.473 e. The molecule has 0 saturated heterocycles. The fraction of sp³-hybridized carbons (Fsp3) is 0.519. The molecule has 0 N–H and O–H groups in total. The van der Waals surface area contributed by atoms with E-state index in [4.69, 9.17) is 23.1 Å². The van der Waals surface area contributed by atoms with Crippen LogP contribution in [0.2, 0.25) is 38.3 Å². The Hall–Kier alpha value is -4.59. The Morgan fingerprint density at radius 1 is 0.477 bits per heavy atom. The standard InChI is InChI=1S/C54H76N2O7Si2/c1-64(2,37-25-15-11-7-5-9-13-23-31-53(57)61-49-33-35-51-45(39-49)41-55(43-59-51)47-27-19-17-20-28-47)63-65(3,4)38-26-16-12-8-6-10-14-24-32-54(58)62-50-34-36-52-46(40-50)42-56(44-60-52)48-29-21-18-22-30-48/h17-22,27-30,33-36,39-40H,5-16,23-26,31-32,37-38,41-44H2,1-4H3. The molecule has 4 aromatic rings. The lowest BCUT2D eigenvalue weighted by Gasteiger charge is -2.34.